The number of nitrogens with one attached hydrogen (secondary N) is 1. The summed E-state index contributed by atoms with van der Waals surface area (Å²) in [4.78, 5) is 38.3. The Balaban J connectivity index is 1.47. The highest BCUT2D eigenvalue weighted by Gasteiger charge is 2.55. The molecule has 2 aromatic carbocycles. The monoisotopic (exact) mass is 440 g/mol. The van der Waals surface area contributed by atoms with E-state index in [1.165, 1.54) is 28.8 Å². The minimum Gasteiger partial charge on any atom is -0.504 e. The fourth-order valence-corrected chi connectivity index (χ4v) is 5.00. The molecular weight excluding hydrogens is 420 g/mol. The molecule has 0 aliphatic carbocycles. The van der Waals surface area contributed by atoms with Crippen molar-refractivity contribution in [3.8, 4) is 11.5 Å². The molecule has 9 heteroatoms. The van der Waals surface area contributed by atoms with E-state index < -0.39 is 29.3 Å². The smallest absolute Gasteiger partial charge is 0.330 e. The van der Waals surface area contributed by atoms with Gasteiger partial charge in [-0.25, -0.2) is 4.79 Å². The number of phenols is 2. The molecule has 31 heavy (non-hydrogen) atoms. The average molecular weight is 440 g/mol. The molecule has 0 radical (unpaired) electrons. The van der Waals surface area contributed by atoms with Crippen molar-refractivity contribution in [3.05, 3.63) is 70.6 Å². The lowest BCUT2D eigenvalue weighted by molar-refractivity contribution is -0.160. The summed E-state index contributed by atoms with van der Waals surface area (Å²) >= 11 is 1.28. The van der Waals surface area contributed by atoms with Crippen molar-refractivity contribution in [2.45, 2.75) is 30.3 Å². The Bertz CT molecular complexity index is 1070. The maximum Gasteiger partial charge on any atom is 0.330 e. The summed E-state index contributed by atoms with van der Waals surface area (Å²) in [6.45, 7) is 0. The molecule has 2 amide bonds. The molecule has 2 unspecified atom stereocenters. The molecule has 1 saturated heterocycles. The molecular formula is C22H20N2O6S. The molecule has 0 bridgehead atoms. The van der Waals surface area contributed by atoms with E-state index in [4.69, 9.17) is 0 Å². The zero-order valence-electron chi connectivity index (χ0n) is 16.3. The van der Waals surface area contributed by atoms with E-state index in [2.05, 4.69) is 5.32 Å². The van der Waals surface area contributed by atoms with Gasteiger partial charge >= 0.3 is 5.97 Å². The Hall–Kier alpha value is -3.46. The number of carbonyl (C=O) groups is 3. The molecule has 4 N–H and O–H groups in total. The van der Waals surface area contributed by atoms with Gasteiger partial charge in [-0.05, 0) is 40.7 Å². The van der Waals surface area contributed by atoms with Gasteiger partial charge in [-0.3, -0.25) is 9.59 Å². The maximum absolute atomic E-state index is 12.7. The van der Waals surface area contributed by atoms with Crippen LogP contribution < -0.4 is 5.32 Å². The Morgan fingerprint density at radius 2 is 1.77 bits per heavy atom. The number of nitrogens with zero attached hydrogens (tertiary/aromatic N) is 1. The number of fused-ring (bicyclic) bond motifs is 1. The first-order chi connectivity index (χ1) is 14.8. The summed E-state index contributed by atoms with van der Waals surface area (Å²) in [5.74, 6) is -2.47. The number of aliphatic carboxylic acids is 1. The topological polar surface area (TPSA) is 127 Å². The molecule has 160 valence electrons. The lowest BCUT2D eigenvalue weighted by atomic mass is 9.93. The van der Waals surface area contributed by atoms with E-state index in [1.54, 1.807) is 11.5 Å². The van der Waals surface area contributed by atoms with Crippen LogP contribution in [0.4, 0.5) is 0 Å². The van der Waals surface area contributed by atoms with Gasteiger partial charge in [0.2, 0.25) is 11.8 Å². The van der Waals surface area contributed by atoms with Crippen molar-refractivity contribution in [1.82, 2.24) is 10.2 Å². The first kappa shape index (κ1) is 20.8. The zero-order valence-corrected chi connectivity index (χ0v) is 17.1. The minimum atomic E-state index is -1.16. The first-order valence-electron chi connectivity index (χ1n) is 9.58. The highest BCUT2D eigenvalue weighted by Crippen LogP contribution is 2.41. The number of aromatic hydroxyl groups is 2. The van der Waals surface area contributed by atoms with E-state index >= 15 is 0 Å². The number of amides is 2. The fourth-order valence-electron chi connectivity index (χ4n) is 3.77. The maximum atomic E-state index is 12.7. The number of benzene rings is 2. The van der Waals surface area contributed by atoms with E-state index in [0.717, 1.165) is 5.56 Å². The van der Waals surface area contributed by atoms with Gasteiger partial charge in [-0.1, -0.05) is 36.4 Å². The second-order valence-electron chi connectivity index (χ2n) is 7.41. The number of hydrogen-bond acceptors (Lipinski definition) is 6. The summed E-state index contributed by atoms with van der Waals surface area (Å²) in [6.07, 6.45) is 0.329. The van der Waals surface area contributed by atoms with E-state index in [-0.39, 0.29) is 30.2 Å². The number of β-lactam (4-membered cyclic amide) rings is 1. The van der Waals surface area contributed by atoms with Crippen molar-refractivity contribution < 1.29 is 29.7 Å². The molecule has 0 saturated carbocycles. The van der Waals surface area contributed by atoms with Gasteiger partial charge in [0.1, 0.15) is 11.4 Å². The molecule has 8 nitrogen and oxygen atoms in total. The zero-order chi connectivity index (χ0) is 22.1. The summed E-state index contributed by atoms with van der Waals surface area (Å²) in [6, 6.07) is 11.5. The van der Waals surface area contributed by atoms with Gasteiger partial charge in [0.15, 0.2) is 17.5 Å². The lowest BCUT2D eigenvalue weighted by Gasteiger charge is -2.51. The molecule has 2 aliphatic rings. The summed E-state index contributed by atoms with van der Waals surface area (Å²) in [5.41, 5.74) is 1.91. The van der Waals surface area contributed by atoms with Crippen LogP contribution in [0.1, 0.15) is 11.1 Å². The number of carboxylic acid groups (broad SMARTS) is 1. The summed E-state index contributed by atoms with van der Waals surface area (Å²) < 4.78 is 0. The molecule has 3 atom stereocenters. The number of phenolic OH excluding ortho intramolecular Hbond substituents is 2. The van der Waals surface area contributed by atoms with Gasteiger partial charge in [-0.15, -0.1) is 11.8 Å². The third-order valence-corrected chi connectivity index (χ3v) is 6.49. The van der Waals surface area contributed by atoms with Gasteiger partial charge < -0.3 is 25.5 Å². The van der Waals surface area contributed by atoms with E-state index in [9.17, 15) is 29.7 Å². The molecule has 0 spiro atoms. The molecule has 1 fully saturated rings. The number of carboxylic acids is 1. The predicted octanol–water partition coefficient (Wildman–Crippen LogP) is 1.62. The van der Waals surface area contributed by atoms with Crippen LogP contribution in [0.2, 0.25) is 0 Å². The van der Waals surface area contributed by atoms with Crippen LogP contribution in [-0.4, -0.2) is 55.5 Å². The first-order valence-corrected chi connectivity index (χ1v) is 10.5. The standard InChI is InChI=1S/C22H20N2O6S/c25-15-7-6-13(9-16(15)26)8-14-11-31-21-18(20(28)24(21)19(14)22(29)30)23-17(27)10-12-4-2-1-3-5-12/h1-7,9,11,18-19,21,25-26H,8,10H2,(H,23,27)(H,29,30)/t18?,19?,21-/m1/s1. The Kier molecular flexibility index (Phi) is 5.60. The molecule has 4 rings (SSSR count). The highest BCUT2D eigenvalue weighted by atomic mass is 32.2. The Morgan fingerprint density at radius 3 is 2.45 bits per heavy atom. The number of hydrogen-bond donors (Lipinski definition) is 4. The van der Waals surface area contributed by atoms with Crippen LogP contribution in [0.15, 0.2) is 59.5 Å². The van der Waals surface area contributed by atoms with Crippen molar-refractivity contribution in [2.24, 2.45) is 0 Å². The van der Waals surface area contributed by atoms with Gasteiger partial charge in [0.05, 0.1) is 6.42 Å². The van der Waals surface area contributed by atoms with Crippen LogP contribution in [0.5, 0.6) is 11.5 Å². The minimum absolute atomic E-state index is 0.135. The Labute approximate surface area is 182 Å². The van der Waals surface area contributed by atoms with Gasteiger partial charge in [0.25, 0.3) is 0 Å². The Morgan fingerprint density at radius 1 is 1.03 bits per heavy atom. The third kappa shape index (κ3) is 4.09. The van der Waals surface area contributed by atoms with E-state index in [0.29, 0.717) is 11.1 Å². The fraction of sp³-hybridized carbons (Fsp3) is 0.227. The summed E-state index contributed by atoms with van der Waals surface area (Å²) in [5, 5.41) is 32.8. The van der Waals surface area contributed by atoms with Crippen LogP contribution >= 0.6 is 11.8 Å². The van der Waals surface area contributed by atoms with Gasteiger partial charge in [0, 0.05) is 0 Å². The normalized spacial score (nSPS) is 22.2. The third-order valence-electron chi connectivity index (χ3n) is 5.27. The number of rotatable bonds is 6. The lowest BCUT2D eigenvalue weighted by Crippen LogP contribution is -2.74. The average Bonchev–Trinajstić information content (AvgIpc) is 2.75. The van der Waals surface area contributed by atoms with Crippen LogP contribution in [-0.2, 0) is 27.2 Å². The van der Waals surface area contributed by atoms with Crippen molar-refractivity contribution in [3.63, 3.8) is 0 Å². The SMILES string of the molecule is O=C(Cc1ccccc1)NC1C(=O)N2C(C(=O)O)C(Cc3ccc(O)c(O)c3)=CS[C@H]12. The second kappa shape index (κ2) is 8.35. The summed E-state index contributed by atoms with van der Waals surface area (Å²) in [7, 11) is 0. The molecule has 2 aliphatic heterocycles. The molecule has 2 aromatic rings. The predicted molar refractivity (Wildman–Crippen MR) is 113 cm³/mol. The number of thioether (sulfide) groups is 1. The van der Waals surface area contributed by atoms with E-state index in [1.807, 2.05) is 30.3 Å². The van der Waals surface area contributed by atoms with Crippen LogP contribution in [0.3, 0.4) is 0 Å². The van der Waals surface area contributed by atoms with Crippen LogP contribution in [0, 0.1) is 0 Å². The van der Waals surface area contributed by atoms with Crippen molar-refractivity contribution in [2.75, 3.05) is 0 Å². The van der Waals surface area contributed by atoms with Gasteiger partial charge in [-0.2, -0.15) is 0 Å². The highest BCUT2D eigenvalue weighted by molar-refractivity contribution is 8.02. The second-order valence-corrected chi connectivity index (χ2v) is 8.40. The van der Waals surface area contributed by atoms with Crippen molar-refractivity contribution >= 4 is 29.5 Å². The molecule has 0 aromatic heterocycles. The van der Waals surface area contributed by atoms with Crippen LogP contribution in [0.25, 0.3) is 0 Å². The molecule has 2 heterocycles. The quantitative estimate of drug-likeness (QED) is 0.397. The van der Waals surface area contributed by atoms with Crippen molar-refractivity contribution in [1.29, 1.82) is 0 Å². The largest absolute Gasteiger partial charge is 0.504 e. The number of carbonyl (C=O) groups excluding carboxylic acids is 2.